The highest BCUT2D eigenvalue weighted by Crippen LogP contribution is 2.33. The van der Waals surface area contributed by atoms with Crippen molar-refractivity contribution in [2.45, 2.75) is 32.6 Å². The van der Waals surface area contributed by atoms with Crippen molar-refractivity contribution in [3.8, 4) is 22.6 Å². The van der Waals surface area contributed by atoms with Crippen molar-refractivity contribution in [2.75, 3.05) is 19.0 Å². The fraction of sp³-hybridized carbons (Fsp3) is 0.241. The lowest BCUT2D eigenvalue weighted by Crippen LogP contribution is -2.30. The molecule has 9 heteroatoms. The fourth-order valence-corrected chi connectivity index (χ4v) is 3.91. The van der Waals surface area contributed by atoms with Crippen LogP contribution in [0.2, 0.25) is 0 Å². The summed E-state index contributed by atoms with van der Waals surface area (Å²) < 4.78 is 29.4. The van der Waals surface area contributed by atoms with E-state index < -0.39 is 11.5 Å². The van der Waals surface area contributed by atoms with Gasteiger partial charge in [-0.1, -0.05) is 53.7 Å². The van der Waals surface area contributed by atoms with Crippen molar-refractivity contribution < 1.29 is 28.0 Å². The third kappa shape index (κ3) is 5.72. The summed E-state index contributed by atoms with van der Waals surface area (Å²) in [4.78, 5) is 29.0. The third-order valence-electron chi connectivity index (χ3n) is 6.28. The molecule has 0 bridgehead atoms. The Bertz CT molecular complexity index is 1430. The van der Waals surface area contributed by atoms with E-state index in [1.54, 1.807) is 45.2 Å². The van der Waals surface area contributed by atoms with E-state index in [0.29, 0.717) is 28.3 Å². The lowest BCUT2D eigenvalue weighted by molar-refractivity contribution is -0.146. The molecule has 0 aliphatic heterocycles. The van der Waals surface area contributed by atoms with Crippen LogP contribution >= 0.6 is 0 Å². The number of methoxy groups -OCH3 is 1. The van der Waals surface area contributed by atoms with Crippen LogP contribution in [-0.4, -0.2) is 35.9 Å². The van der Waals surface area contributed by atoms with Crippen LogP contribution in [0, 0.1) is 12.7 Å². The minimum absolute atomic E-state index is 0.0176. The molecule has 8 nitrogen and oxygen atoms in total. The van der Waals surface area contributed by atoms with Crippen LogP contribution in [0.1, 0.15) is 30.7 Å². The Hall–Kier alpha value is -4.53. The van der Waals surface area contributed by atoms with Gasteiger partial charge in [-0.2, -0.15) is 0 Å². The average Bonchev–Trinajstić information content (AvgIpc) is 3.29. The molecule has 0 saturated carbocycles. The predicted octanol–water partition coefficient (Wildman–Crippen LogP) is 6.09. The van der Waals surface area contributed by atoms with Gasteiger partial charge in [-0.05, 0) is 44.0 Å². The topological polar surface area (TPSA) is 104 Å². The number of halogens is 1. The lowest BCUT2D eigenvalue weighted by atomic mass is 9.85. The van der Waals surface area contributed by atoms with E-state index in [9.17, 15) is 14.0 Å². The van der Waals surface area contributed by atoms with Crippen LogP contribution in [-0.2, 0) is 26.1 Å². The van der Waals surface area contributed by atoms with E-state index in [-0.39, 0.29) is 24.8 Å². The normalized spacial score (nSPS) is 11.2. The molecule has 0 unspecified atom stereocenters. The summed E-state index contributed by atoms with van der Waals surface area (Å²) in [5, 5.41) is 6.65. The molecule has 0 fully saturated rings. The van der Waals surface area contributed by atoms with Gasteiger partial charge in [-0.3, -0.25) is 15.1 Å². The van der Waals surface area contributed by atoms with Crippen molar-refractivity contribution in [3.63, 3.8) is 0 Å². The predicted molar refractivity (Wildman–Crippen MR) is 140 cm³/mol. The van der Waals surface area contributed by atoms with Crippen molar-refractivity contribution in [3.05, 3.63) is 89.5 Å². The second-order valence-electron chi connectivity index (χ2n) is 9.20. The first-order valence-corrected chi connectivity index (χ1v) is 12.0. The van der Waals surface area contributed by atoms with E-state index >= 15 is 0 Å². The molecule has 4 rings (SSSR count). The number of esters is 1. The summed E-state index contributed by atoms with van der Waals surface area (Å²) >= 11 is 0. The number of nitrogens with one attached hydrogen (secondary N) is 1. The molecule has 0 atom stereocenters. The second kappa shape index (κ2) is 11.2. The molecular formula is C29H28FN3O5. The molecule has 0 saturated heterocycles. The number of hydrogen-bond donors (Lipinski definition) is 1. The van der Waals surface area contributed by atoms with Crippen LogP contribution in [0.15, 0.2) is 71.4 Å². The van der Waals surface area contributed by atoms with Gasteiger partial charge in [-0.25, -0.2) is 9.18 Å². The van der Waals surface area contributed by atoms with Gasteiger partial charge in [0.1, 0.15) is 17.2 Å². The molecular weight excluding hydrogens is 489 g/mol. The third-order valence-corrected chi connectivity index (χ3v) is 6.28. The molecule has 0 aliphatic carbocycles. The summed E-state index contributed by atoms with van der Waals surface area (Å²) in [6.07, 6.45) is 1.23. The second-order valence-corrected chi connectivity index (χ2v) is 9.20. The standard InChI is InChI=1S/C29H28FN3O5/c1-18-25(32-28(35)37-16-15-19-7-5-6-8-23(19)30)26(38-33-18)21-11-9-20(10-12-21)24-14-13-22(17-31-24)29(2,3)27(34)36-4/h5-14,17H,15-16H2,1-4H3,(H,32,35). The van der Waals surface area contributed by atoms with Gasteiger partial charge in [0.2, 0.25) is 0 Å². The number of carbonyl (C=O) groups excluding carboxylic acids is 2. The first-order chi connectivity index (χ1) is 18.2. The maximum absolute atomic E-state index is 13.8. The summed E-state index contributed by atoms with van der Waals surface area (Å²) in [5.74, 6) is -0.298. The highest BCUT2D eigenvalue weighted by Gasteiger charge is 2.31. The van der Waals surface area contributed by atoms with E-state index in [0.717, 1.165) is 16.8 Å². The largest absolute Gasteiger partial charge is 0.468 e. The highest BCUT2D eigenvalue weighted by molar-refractivity contribution is 5.91. The van der Waals surface area contributed by atoms with Crippen molar-refractivity contribution in [1.82, 2.24) is 10.1 Å². The molecule has 2 heterocycles. The zero-order valence-electron chi connectivity index (χ0n) is 21.6. The van der Waals surface area contributed by atoms with Gasteiger partial charge in [-0.15, -0.1) is 0 Å². The average molecular weight is 518 g/mol. The fourth-order valence-electron chi connectivity index (χ4n) is 3.91. The molecule has 2 aromatic heterocycles. The molecule has 1 N–H and O–H groups in total. The summed E-state index contributed by atoms with van der Waals surface area (Å²) in [5.41, 5.74) is 3.57. The number of aryl methyl sites for hydroxylation is 1. The Kier molecular flexibility index (Phi) is 7.85. The number of nitrogens with zero attached hydrogens (tertiary/aromatic N) is 2. The Labute approximate surface area is 219 Å². The maximum Gasteiger partial charge on any atom is 0.411 e. The Morgan fingerprint density at radius 1 is 1.03 bits per heavy atom. The number of carbonyl (C=O) groups is 2. The quantitative estimate of drug-likeness (QED) is 0.282. The van der Waals surface area contributed by atoms with Gasteiger partial charge in [0.25, 0.3) is 0 Å². The van der Waals surface area contributed by atoms with Crippen molar-refractivity contribution in [1.29, 1.82) is 0 Å². The molecule has 38 heavy (non-hydrogen) atoms. The smallest absolute Gasteiger partial charge is 0.411 e. The van der Waals surface area contributed by atoms with Crippen LogP contribution < -0.4 is 5.32 Å². The maximum atomic E-state index is 13.8. The Balaban J connectivity index is 1.43. The molecule has 0 radical (unpaired) electrons. The number of benzene rings is 2. The zero-order chi connectivity index (χ0) is 27.3. The van der Waals surface area contributed by atoms with Gasteiger partial charge < -0.3 is 14.0 Å². The number of ether oxygens (including phenoxy) is 2. The molecule has 4 aromatic rings. The SMILES string of the molecule is COC(=O)C(C)(C)c1ccc(-c2ccc(-c3onc(C)c3NC(=O)OCCc3ccccc3F)cc2)nc1. The number of hydrogen-bond acceptors (Lipinski definition) is 7. The molecule has 1 amide bonds. The van der Waals surface area contributed by atoms with E-state index in [1.165, 1.54) is 13.2 Å². The zero-order valence-corrected chi connectivity index (χ0v) is 21.6. The number of pyridine rings is 1. The molecule has 0 aliphatic rings. The van der Waals surface area contributed by atoms with Crippen molar-refractivity contribution in [2.24, 2.45) is 0 Å². The van der Waals surface area contributed by atoms with E-state index in [4.69, 9.17) is 14.0 Å². The first-order valence-electron chi connectivity index (χ1n) is 12.0. The molecule has 196 valence electrons. The summed E-state index contributed by atoms with van der Waals surface area (Å²) in [6.45, 7) is 5.30. The van der Waals surface area contributed by atoms with Crippen molar-refractivity contribution >= 4 is 17.7 Å². The number of anilines is 1. The molecule has 2 aromatic carbocycles. The summed E-state index contributed by atoms with van der Waals surface area (Å²) in [6, 6.07) is 17.5. The Morgan fingerprint density at radius 3 is 2.39 bits per heavy atom. The van der Waals surface area contributed by atoms with Crippen LogP contribution in [0.3, 0.4) is 0 Å². The first kappa shape index (κ1) is 26.5. The monoisotopic (exact) mass is 517 g/mol. The minimum Gasteiger partial charge on any atom is -0.468 e. The van der Waals surface area contributed by atoms with Gasteiger partial charge in [0.05, 0.1) is 24.8 Å². The Morgan fingerprint density at radius 2 is 1.74 bits per heavy atom. The number of aromatic nitrogens is 2. The van der Waals surface area contributed by atoms with Gasteiger partial charge in [0.15, 0.2) is 5.76 Å². The van der Waals surface area contributed by atoms with Gasteiger partial charge >= 0.3 is 12.1 Å². The summed E-state index contributed by atoms with van der Waals surface area (Å²) in [7, 11) is 1.36. The van der Waals surface area contributed by atoms with Crippen LogP contribution in [0.5, 0.6) is 0 Å². The minimum atomic E-state index is -0.809. The highest BCUT2D eigenvalue weighted by atomic mass is 19.1. The number of rotatable bonds is 8. The molecule has 0 spiro atoms. The van der Waals surface area contributed by atoms with Crippen LogP contribution in [0.4, 0.5) is 14.9 Å². The van der Waals surface area contributed by atoms with Gasteiger partial charge in [0, 0.05) is 23.7 Å². The van der Waals surface area contributed by atoms with E-state index in [1.807, 2.05) is 36.4 Å². The van der Waals surface area contributed by atoms with Crippen LogP contribution in [0.25, 0.3) is 22.6 Å². The lowest BCUT2D eigenvalue weighted by Gasteiger charge is -2.21. The number of amides is 1. The van der Waals surface area contributed by atoms with E-state index in [2.05, 4.69) is 15.5 Å².